The summed E-state index contributed by atoms with van der Waals surface area (Å²) in [5, 5.41) is 12.7. The van der Waals surface area contributed by atoms with Crippen LogP contribution in [0.25, 0.3) is 0 Å². The molecule has 2 aromatic heterocycles. The van der Waals surface area contributed by atoms with Gasteiger partial charge in [0.15, 0.2) is 23.9 Å². The Labute approximate surface area is 218 Å². The maximum atomic E-state index is 12.9. The predicted octanol–water partition coefficient (Wildman–Crippen LogP) is 5.36. The van der Waals surface area contributed by atoms with Crippen molar-refractivity contribution in [1.29, 1.82) is 0 Å². The molecule has 0 saturated heterocycles. The Kier molecular flexibility index (Phi) is 7.71. The van der Waals surface area contributed by atoms with Gasteiger partial charge in [-0.3, -0.25) is 9.48 Å². The second-order valence-corrected chi connectivity index (χ2v) is 8.78. The number of rotatable bonds is 9. The number of anilines is 1. The van der Waals surface area contributed by atoms with E-state index in [1.54, 1.807) is 44.7 Å². The molecule has 4 rings (SSSR count). The molecule has 1 amide bonds. The first-order valence-electron chi connectivity index (χ1n) is 11.0. The average Bonchev–Trinajstić information content (AvgIpc) is 3.44. The standard InChI is InChI=1S/C25H25Cl2N5O4/c1-15-24(16(2)32(29-15)13-17-5-7-22(34-3)23(11-17)35-4)28-25(33)20-9-10-31(30-20)14-36-21-8-6-18(26)12-19(21)27/h5-12H,13-14H2,1-4H3,(H,28,33). The minimum Gasteiger partial charge on any atom is -0.493 e. The molecule has 36 heavy (non-hydrogen) atoms. The first kappa shape index (κ1) is 25.4. The number of carbonyl (C=O) groups excluding carboxylic acids is 1. The van der Waals surface area contributed by atoms with Crippen LogP contribution in [0.3, 0.4) is 0 Å². The molecule has 9 nitrogen and oxygen atoms in total. The van der Waals surface area contributed by atoms with Crippen LogP contribution < -0.4 is 19.5 Å². The van der Waals surface area contributed by atoms with Gasteiger partial charge < -0.3 is 19.5 Å². The van der Waals surface area contributed by atoms with Crippen molar-refractivity contribution in [2.24, 2.45) is 0 Å². The summed E-state index contributed by atoms with van der Waals surface area (Å²) >= 11 is 12.0. The second-order valence-electron chi connectivity index (χ2n) is 7.94. The molecule has 0 spiro atoms. The van der Waals surface area contributed by atoms with Gasteiger partial charge >= 0.3 is 0 Å². The Morgan fingerprint density at radius 2 is 1.72 bits per heavy atom. The third-order valence-electron chi connectivity index (χ3n) is 5.52. The van der Waals surface area contributed by atoms with E-state index in [1.165, 1.54) is 4.68 Å². The first-order valence-corrected chi connectivity index (χ1v) is 11.7. The number of nitrogens with one attached hydrogen (secondary N) is 1. The molecule has 11 heteroatoms. The Bertz CT molecular complexity index is 1400. The zero-order valence-corrected chi connectivity index (χ0v) is 21.7. The second kappa shape index (κ2) is 10.9. The zero-order valence-electron chi connectivity index (χ0n) is 20.2. The lowest BCUT2D eigenvalue weighted by molar-refractivity contribution is 0.102. The molecular weight excluding hydrogens is 505 g/mol. The third-order valence-corrected chi connectivity index (χ3v) is 6.05. The first-order chi connectivity index (χ1) is 17.3. The molecular formula is C25H25Cl2N5O4. The summed E-state index contributed by atoms with van der Waals surface area (Å²) in [5.74, 6) is 1.41. The number of hydrogen-bond acceptors (Lipinski definition) is 6. The summed E-state index contributed by atoms with van der Waals surface area (Å²) in [4.78, 5) is 12.9. The molecule has 0 aliphatic rings. The summed E-state index contributed by atoms with van der Waals surface area (Å²) in [7, 11) is 3.19. The van der Waals surface area contributed by atoms with Crippen molar-refractivity contribution < 1.29 is 19.0 Å². The lowest BCUT2D eigenvalue weighted by Gasteiger charge is -2.11. The number of ether oxygens (including phenoxy) is 3. The molecule has 188 valence electrons. The summed E-state index contributed by atoms with van der Waals surface area (Å²) in [6, 6.07) is 12.3. The lowest BCUT2D eigenvalue weighted by atomic mass is 10.2. The van der Waals surface area contributed by atoms with Crippen molar-refractivity contribution in [1.82, 2.24) is 19.6 Å². The number of methoxy groups -OCH3 is 2. The number of aromatic nitrogens is 4. The molecule has 0 saturated carbocycles. The Balaban J connectivity index is 1.43. The summed E-state index contributed by atoms with van der Waals surface area (Å²) in [5.41, 5.74) is 3.37. The lowest BCUT2D eigenvalue weighted by Crippen LogP contribution is -2.15. The van der Waals surface area contributed by atoms with Crippen LogP contribution >= 0.6 is 23.2 Å². The minimum absolute atomic E-state index is 0.0793. The third kappa shape index (κ3) is 5.58. The normalized spacial score (nSPS) is 10.8. The number of aryl methyl sites for hydroxylation is 1. The van der Waals surface area contributed by atoms with Gasteiger partial charge in [0.05, 0.1) is 42.9 Å². The molecule has 0 fully saturated rings. The van der Waals surface area contributed by atoms with Crippen molar-refractivity contribution in [3.8, 4) is 17.2 Å². The van der Waals surface area contributed by atoms with Crippen molar-refractivity contribution in [3.05, 3.63) is 81.4 Å². The van der Waals surface area contributed by atoms with E-state index in [4.69, 9.17) is 37.4 Å². The van der Waals surface area contributed by atoms with E-state index >= 15 is 0 Å². The summed E-state index contributed by atoms with van der Waals surface area (Å²) in [6.07, 6.45) is 1.65. The van der Waals surface area contributed by atoms with Gasteiger partial charge in [-0.25, -0.2) is 4.68 Å². The molecule has 1 N–H and O–H groups in total. The van der Waals surface area contributed by atoms with E-state index in [0.717, 1.165) is 11.3 Å². The highest BCUT2D eigenvalue weighted by molar-refractivity contribution is 6.35. The van der Waals surface area contributed by atoms with E-state index in [1.807, 2.05) is 36.7 Å². The smallest absolute Gasteiger partial charge is 0.276 e. The zero-order chi connectivity index (χ0) is 25.8. The van der Waals surface area contributed by atoms with Crippen molar-refractivity contribution >= 4 is 34.8 Å². The highest BCUT2D eigenvalue weighted by atomic mass is 35.5. The number of halogens is 2. The summed E-state index contributed by atoms with van der Waals surface area (Å²) < 4.78 is 19.7. The van der Waals surface area contributed by atoms with Crippen LogP contribution in [0.5, 0.6) is 17.2 Å². The van der Waals surface area contributed by atoms with Crippen LogP contribution in [-0.2, 0) is 13.3 Å². The van der Waals surface area contributed by atoms with Crippen molar-refractivity contribution in [2.75, 3.05) is 19.5 Å². The highest BCUT2D eigenvalue weighted by Crippen LogP contribution is 2.29. The van der Waals surface area contributed by atoms with Gasteiger partial charge in [0, 0.05) is 11.2 Å². The van der Waals surface area contributed by atoms with E-state index in [0.29, 0.717) is 45.2 Å². The minimum atomic E-state index is -0.352. The van der Waals surface area contributed by atoms with E-state index in [9.17, 15) is 4.79 Å². The van der Waals surface area contributed by atoms with Crippen LogP contribution in [-0.4, -0.2) is 39.7 Å². The predicted molar refractivity (Wildman–Crippen MR) is 138 cm³/mol. The van der Waals surface area contributed by atoms with Gasteiger partial charge in [-0.15, -0.1) is 0 Å². The van der Waals surface area contributed by atoms with E-state index in [-0.39, 0.29) is 18.3 Å². The Hall–Kier alpha value is -3.69. The molecule has 2 aromatic carbocycles. The molecule has 0 radical (unpaired) electrons. The SMILES string of the molecule is COc1ccc(Cn2nc(C)c(NC(=O)c3ccn(COc4ccc(Cl)cc4Cl)n3)c2C)cc1OC. The molecule has 4 aromatic rings. The number of nitrogens with zero attached hydrogens (tertiary/aromatic N) is 4. The van der Waals surface area contributed by atoms with Gasteiger partial charge in [-0.1, -0.05) is 29.3 Å². The fourth-order valence-corrected chi connectivity index (χ4v) is 4.11. The van der Waals surface area contributed by atoms with E-state index < -0.39 is 0 Å². The number of carbonyl (C=O) groups is 1. The number of hydrogen-bond donors (Lipinski definition) is 1. The van der Waals surface area contributed by atoms with Gasteiger partial charge in [0.2, 0.25) is 0 Å². The Morgan fingerprint density at radius 3 is 2.44 bits per heavy atom. The molecule has 0 unspecified atom stereocenters. The van der Waals surface area contributed by atoms with Crippen LogP contribution in [0, 0.1) is 13.8 Å². The molecule has 0 bridgehead atoms. The molecule has 0 aliphatic carbocycles. The Morgan fingerprint density at radius 1 is 0.972 bits per heavy atom. The molecule has 0 atom stereocenters. The van der Waals surface area contributed by atoms with Gasteiger partial charge in [-0.05, 0) is 55.8 Å². The van der Waals surface area contributed by atoms with Crippen molar-refractivity contribution in [3.63, 3.8) is 0 Å². The summed E-state index contributed by atoms with van der Waals surface area (Å²) in [6.45, 7) is 4.33. The van der Waals surface area contributed by atoms with Crippen LogP contribution in [0.1, 0.15) is 27.4 Å². The average molecular weight is 530 g/mol. The maximum absolute atomic E-state index is 12.9. The fourth-order valence-electron chi connectivity index (χ4n) is 3.64. The largest absolute Gasteiger partial charge is 0.493 e. The van der Waals surface area contributed by atoms with Crippen LogP contribution in [0.4, 0.5) is 5.69 Å². The molecule has 0 aliphatic heterocycles. The molecule has 2 heterocycles. The topological polar surface area (TPSA) is 92.4 Å². The van der Waals surface area contributed by atoms with E-state index in [2.05, 4.69) is 15.5 Å². The maximum Gasteiger partial charge on any atom is 0.276 e. The van der Waals surface area contributed by atoms with Crippen molar-refractivity contribution in [2.45, 2.75) is 27.1 Å². The monoisotopic (exact) mass is 529 g/mol. The van der Waals surface area contributed by atoms with Crippen LogP contribution in [0.2, 0.25) is 10.0 Å². The van der Waals surface area contributed by atoms with Gasteiger partial charge in [-0.2, -0.15) is 10.2 Å². The fraction of sp³-hybridized carbons (Fsp3) is 0.240. The van der Waals surface area contributed by atoms with Crippen LogP contribution in [0.15, 0.2) is 48.7 Å². The van der Waals surface area contributed by atoms with Gasteiger partial charge in [0.1, 0.15) is 5.75 Å². The highest BCUT2D eigenvalue weighted by Gasteiger charge is 2.18. The quantitative estimate of drug-likeness (QED) is 0.313. The number of amides is 1. The van der Waals surface area contributed by atoms with Gasteiger partial charge in [0.25, 0.3) is 5.91 Å². The number of benzene rings is 2.